The zero-order valence-electron chi connectivity index (χ0n) is 20.4. The molecule has 192 valence electrons. The highest BCUT2D eigenvalue weighted by Crippen LogP contribution is 2.14. The summed E-state index contributed by atoms with van der Waals surface area (Å²) in [6, 6.07) is 0. The molecule has 0 bridgehead atoms. The fourth-order valence-electron chi connectivity index (χ4n) is 3.84. The zero-order valence-corrected chi connectivity index (χ0v) is 20.4. The monoisotopic (exact) mass is 461 g/mol. The van der Waals surface area contributed by atoms with Crippen LogP contribution >= 0.6 is 0 Å². The number of carbonyl (C=O) groups is 1. The van der Waals surface area contributed by atoms with Crippen LogP contribution in [0.3, 0.4) is 0 Å². The maximum absolute atomic E-state index is 11.8. The molecule has 0 rings (SSSR count). The average molecular weight is 462 g/mol. The fourth-order valence-corrected chi connectivity index (χ4v) is 3.84. The van der Waals surface area contributed by atoms with Gasteiger partial charge in [0.05, 0.1) is 6.61 Å². The number of rotatable bonds is 23. The van der Waals surface area contributed by atoms with Crippen LogP contribution in [0, 0.1) is 0 Å². The lowest BCUT2D eigenvalue weighted by Crippen LogP contribution is -2.51. The molecule has 0 unspecified atom stereocenters. The van der Waals surface area contributed by atoms with Gasteiger partial charge in [-0.05, 0) is 6.42 Å². The van der Waals surface area contributed by atoms with E-state index in [1.54, 1.807) is 0 Å². The molecule has 0 saturated heterocycles. The van der Waals surface area contributed by atoms with Gasteiger partial charge in [0.25, 0.3) is 5.91 Å². The molecule has 0 aliphatic rings. The summed E-state index contributed by atoms with van der Waals surface area (Å²) < 4.78 is 0. The summed E-state index contributed by atoms with van der Waals surface area (Å²) in [5.74, 6) is -0.793. The Morgan fingerprint density at radius 1 is 0.625 bits per heavy atom. The third kappa shape index (κ3) is 16.8. The molecule has 0 radical (unpaired) electrons. The van der Waals surface area contributed by atoms with Gasteiger partial charge in [-0.1, -0.05) is 110 Å². The van der Waals surface area contributed by atoms with E-state index in [2.05, 4.69) is 12.2 Å². The first-order valence-electron chi connectivity index (χ1n) is 13.1. The SMILES string of the molecule is CCCCCCCCCCCCCCCCCCCNC(=O)[C@H](O)[C@@H](O)[C@H](O)[C@H](O)CO. The average Bonchev–Trinajstić information content (AvgIpc) is 2.81. The molecule has 0 saturated carbocycles. The van der Waals surface area contributed by atoms with E-state index in [0.717, 1.165) is 19.3 Å². The van der Waals surface area contributed by atoms with Crippen molar-refractivity contribution in [1.29, 1.82) is 0 Å². The second kappa shape index (κ2) is 22.1. The molecule has 0 aromatic rings. The van der Waals surface area contributed by atoms with Crippen LogP contribution in [-0.2, 0) is 4.79 Å². The summed E-state index contributed by atoms with van der Waals surface area (Å²) in [6.45, 7) is 1.88. The molecule has 0 fully saturated rings. The van der Waals surface area contributed by atoms with Crippen molar-refractivity contribution in [2.75, 3.05) is 13.2 Å². The predicted molar refractivity (Wildman–Crippen MR) is 128 cm³/mol. The lowest BCUT2D eigenvalue weighted by molar-refractivity contribution is -0.148. The number of aliphatic hydroxyl groups is 5. The van der Waals surface area contributed by atoms with Gasteiger partial charge in [0.1, 0.15) is 18.3 Å². The molecule has 0 aliphatic heterocycles. The molecule has 0 aliphatic carbocycles. The van der Waals surface area contributed by atoms with E-state index in [1.165, 1.54) is 89.9 Å². The topological polar surface area (TPSA) is 130 Å². The van der Waals surface area contributed by atoms with E-state index in [-0.39, 0.29) is 0 Å². The number of carbonyl (C=O) groups excluding carboxylic acids is 1. The molecule has 0 aromatic heterocycles. The number of aliphatic hydroxyl groups excluding tert-OH is 5. The van der Waals surface area contributed by atoms with Crippen molar-refractivity contribution in [2.45, 2.75) is 140 Å². The largest absolute Gasteiger partial charge is 0.394 e. The summed E-state index contributed by atoms with van der Waals surface area (Å²) in [4.78, 5) is 11.8. The summed E-state index contributed by atoms with van der Waals surface area (Å²) in [5, 5.41) is 49.5. The number of nitrogens with one attached hydrogen (secondary N) is 1. The highest BCUT2D eigenvalue weighted by atomic mass is 16.4. The Morgan fingerprint density at radius 3 is 1.38 bits per heavy atom. The number of hydrogen-bond donors (Lipinski definition) is 6. The minimum Gasteiger partial charge on any atom is -0.394 e. The Kier molecular flexibility index (Phi) is 21.6. The highest BCUT2D eigenvalue weighted by Gasteiger charge is 2.33. The van der Waals surface area contributed by atoms with Crippen LogP contribution in [0.15, 0.2) is 0 Å². The summed E-state index contributed by atoms with van der Waals surface area (Å²) in [6.07, 6.45) is 14.7. The summed E-state index contributed by atoms with van der Waals surface area (Å²) >= 11 is 0. The van der Waals surface area contributed by atoms with Gasteiger partial charge in [0.15, 0.2) is 6.10 Å². The molecule has 0 heterocycles. The molecule has 4 atom stereocenters. The van der Waals surface area contributed by atoms with Crippen molar-refractivity contribution in [1.82, 2.24) is 5.32 Å². The summed E-state index contributed by atoms with van der Waals surface area (Å²) in [5.41, 5.74) is 0. The summed E-state index contributed by atoms with van der Waals surface area (Å²) in [7, 11) is 0. The van der Waals surface area contributed by atoms with Crippen molar-refractivity contribution < 1.29 is 30.3 Å². The molecule has 0 aromatic carbocycles. The number of hydrogen-bond acceptors (Lipinski definition) is 6. The van der Waals surface area contributed by atoms with Crippen LogP contribution in [0.4, 0.5) is 0 Å². The molecule has 6 N–H and O–H groups in total. The van der Waals surface area contributed by atoms with Crippen LogP contribution in [0.1, 0.15) is 116 Å². The van der Waals surface area contributed by atoms with Gasteiger partial charge >= 0.3 is 0 Å². The fraction of sp³-hybridized carbons (Fsp3) is 0.960. The van der Waals surface area contributed by atoms with Crippen molar-refractivity contribution >= 4 is 5.91 Å². The van der Waals surface area contributed by atoms with Gasteiger partial charge in [-0.25, -0.2) is 0 Å². The molecule has 1 amide bonds. The van der Waals surface area contributed by atoms with Gasteiger partial charge < -0.3 is 30.8 Å². The number of amides is 1. The van der Waals surface area contributed by atoms with E-state index >= 15 is 0 Å². The van der Waals surface area contributed by atoms with Gasteiger partial charge in [-0.3, -0.25) is 4.79 Å². The first-order valence-corrected chi connectivity index (χ1v) is 13.1. The lowest BCUT2D eigenvalue weighted by Gasteiger charge is -2.24. The minimum atomic E-state index is -1.85. The van der Waals surface area contributed by atoms with Gasteiger partial charge in [0, 0.05) is 6.54 Å². The predicted octanol–water partition coefficient (Wildman–Crippen LogP) is 3.19. The second-order valence-electron chi connectivity index (χ2n) is 9.12. The third-order valence-corrected chi connectivity index (χ3v) is 6.10. The molecular weight excluding hydrogens is 410 g/mol. The van der Waals surface area contributed by atoms with Crippen molar-refractivity contribution in [3.8, 4) is 0 Å². The Labute approximate surface area is 195 Å². The normalized spacial score (nSPS) is 15.3. The van der Waals surface area contributed by atoms with Crippen molar-refractivity contribution in [3.05, 3.63) is 0 Å². The van der Waals surface area contributed by atoms with Gasteiger partial charge in [-0.15, -0.1) is 0 Å². The Hall–Kier alpha value is -0.730. The minimum absolute atomic E-state index is 0.389. The van der Waals surface area contributed by atoms with E-state index in [9.17, 15) is 25.2 Å². The van der Waals surface area contributed by atoms with E-state index in [1.807, 2.05) is 0 Å². The van der Waals surface area contributed by atoms with Crippen LogP contribution in [0.2, 0.25) is 0 Å². The number of unbranched alkanes of at least 4 members (excludes halogenated alkanes) is 16. The quantitative estimate of drug-likeness (QED) is 0.130. The van der Waals surface area contributed by atoms with Crippen LogP contribution in [0.25, 0.3) is 0 Å². The first kappa shape index (κ1) is 31.3. The van der Waals surface area contributed by atoms with E-state index < -0.39 is 36.9 Å². The molecule has 7 nitrogen and oxygen atoms in total. The van der Waals surface area contributed by atoms with E-state index in [0.29, 0.717) is 6.54 Å². The lowest BCUT2D eigenvalue weighted by atomic mass is 10.0. The van der Waals surface area contributed by atoms with Crippen molar-refractivity contribution in [2.24, 2.45) is 0 Å². The third-order valence-electron chi connectivity index (χ3n) is 6.10. The maximum atomic E-state index is 11.8. The van der Waals surface area contributed by atoms with Gasteiger partial charge in [0.2, 0.25) is 0 Å². The molecule has 0 spiro atoms. The Balaban J connectivity index is 3.42. The van der Waals surface area contributed by atoms with Crippen LogP contribution in [0.5, 0.6) is 0 Å². The van der Waals surface area contributed by atoms with Gasteiger partial charge in [-0.2, -0.15) is 0 Å². The second-order valence-corrected chi connectivity index (χ2v) is 9.12. The Bertz CT molecular complexity index is 423. The Morgan fingerprint density at radius 2 is 1.00 bits per heavy atom. The first-order chi connectivity index (χ1) is 15.5. The van der Waals surface area contributed by atoms with E-state index in [4.69, 9.17) is 5.11 Å². The van der Waals surface area contributed by atoms with Crippen LogP contribution < -0.4 is 5.32 Å². The molecular formula is C25H51NO6. The smallest absolute Gasteiger partial charge is 0.251 e. The van der Waals surface area contributed by atoms with Crippen molar-refractivity contribution in [3.63, 3.8) is 0 Å². The zero-order chi connectivity index (χ0) is 24.0. The molecule has 32 heavy (non-hydrogen) atoms. The van der Waals surface area contributed by atoms with Crippen LogP contribution in [-0.4, -0.2) is 69.0 Å². The molecule has 7 heteroatoms. The maximum Gasteiger partial charge on any atom is 0.251 e. The highest BCUT2D eigenvalue weighted by molar-refractivity contribution is 5.81. The standard InChI is InChI=1S/C25H51NO6/c1-2-3-4-5-6-7-8-9-10-11-12-13-14-15-16-17-18-19-26-25(32)24(31)23(30)22(29)21(28)20-27/h21-24,27-31H,2-20H2,1H3,(H,26,32)/t21-,22-,23+,24-/m1/s1.